The number of hydrogen-bond acceptors (Lipinski definition) is 2. The van der Waals surface area contributed by atoms with E-state index < -0.39 is 5.97 Å². The van der Waals surface area contributed by atoms with Gasteiger partial charge in [-0.15, -0.1) is 0 Å². The number of carbonyl (C=O) groups is 2. The fourth-order valence-corrected chi connectivity index (χ4v) is 4.42. The second-order valence-electron chi connectivity index (χ2n) is 7.46. The van der Waals surface area contributed by atoms with Gasteiger partial charge in [0.15, 0.2) is 0 Å². The summed E-state index contributed by atoms with van der Waals surface area (Å²) < 4.78 is 0. The molecule has 1 aliphatic heterocycles. The second-order valence-corrected chi connectivity index (χ2v) is 7.46. The SMILES string of the molecule is O=C(O)c1ccc(N2CC3(CCCCCC3)N(C3CC3)C2=O)cc1. The van der Waals surface area contributed by atoms with Crippen LogP contribution in [0.5, 0.6) is 0 Å². The standard InChI is InChI=1S/C19H24N2O3/c22-17(23)14-5-7-15(8-6-14)20-13-19(11-3-1-2-4-12-19)21(18(20)24)16-9-10-16/h5-8,16H,1-4,9-13H2,(H,22,23). The van der Waals surface area contributed by atoms with Gasteiger partial charge in [-0.25, -0.2) is 9.59 Å². The van der Waals surface area contributed by atoms with Gasteiger partial charge in [-0.3, -0.25) is 4.90 Å². The summed E-state index contributed by atoms with van der Waals surface area (Å²) in [6.07, 6.45) is 9.37. The van der Waals surface area contributed by atoms with Gasteiger partial charge in [0.2, 0.25) is 0 Å². The molecule has 5 heteroatoms. The van der Waals surface area contributed by atoms with E-state index in [1.165, 1.54) is 25.7 Å². The van der Waals surface area contributed by atoms with E-state index >= 15 is 0 Å². The minimum absolute atomic E-state index is 0.0137. The first kappa shape index (κ1) is 15.5. The summed E-state index contributed by atoms with van der Waals surface area (Å²) in [6, 6.07) is 7.24. The van der Waals surface area contributed by atoms with Crippen LogP contribution in [0.3, 0.4) is 0 Å². The third-order valence-corrected chi connectivity index (χ3v) is 5.77. The molecule has 0 bridgehead atoms. The third kappa shape index (κ3) is 2.56. The number of carboxylic acids is 1. The highest BCUT2D eigenvalue weighted by atomic mass is 16.4. The Hall–Kier alpha value is -2.04. The van der Waals surface area contributed by atoms with Crippen LogP contribution in [0.2, 0.25) is 0 Å². The first-order valence-electron chi connectivity index (χ1n) is 9.05. The van der Waals surface area contributed by atoms with Crippen molar-refractivity contribution in [1.29, 1.82) is 0 Å². The van der Waals surface area contributed by atoms with E-state index in [0.29, 0.717) is 6.04 Å². The Bertz CT molecular complexity index is 643. The third-order valence-electron chi connectivity index (χ3n) is 5.77. The van der Waals surface area contributed by atoms with Crippen molar-refractivity contribution in [2.45, 2.75) is 62.9 Å². The monoisotopic (exact) mass is 328 g/mol. The number of hydrogen-bond donors (Lipinski definition) is 1. The van der Waals surface area contributed by atoms with Gasteiger partial charge in [0.25, 0.3) is 0 Å². The van der Waals surface area contributed by atoms with Crippen molar-refractivity contribution in [3.8, 4) is 0 Å². The maximum Gasteiger partial charge on any atom is 0.335 e. The molecule has 2 saturated carbocycles. The number of urea groups is 1. The predicted molar refractivity (Wildman–Crippen MR) is 91.4 cm³/mol. The van der Waals surface area contributed by atoms with Crippen LogP contribution in [0, 0.1) is 0 Å². The number of aromatic carboxylic acids is 1. The molecule has 1 aromatic carbocycles. The van der Waals surface area contributed by atoms with E-state index in [1.54, 1.807) is 24.3 Å². The molecule has 3 aliphatic rings. The van der Waals surface area contributed by atoms with Crippen LogP contribution in [0.1, 0.15) is 61.7 Å². The lowest BCUT2D eigenvalue weighted by atomic mass is 9.89. The Balaban J connectivity index is 1.64. The van der Waals surface area contributed by atoms with Crippen LogP contribution in [0.15, 0.2) is 24.3 Å². The van der Waals surface area contributed by atoms with Gasteiger partial charge >= 0.3 is 12.0 Å². The lowest BCUT2D eigenvalue weighted by Crippen LogP contribution is -2.48. The molecule has 0 atom stereocenters. The largest absolute Gasteiger partial charge is 0.478 e. The number of benzene rings is 1. The smallest absolute Gasteiger partial charge is 0.335 e. The molecule has 128 valence electrons. The summed E-state index contributed by atoms with van der Waals surface area (Å²) >= 11 is 0. The van der Waals surface area contributed by atoms with Gasteiger partial charge in [-0.05, 0) is 49.9 Å². The molecule has 5 nitrogen and oxygen atoms in total. The van der Waals surface area contributed by atoms with Crippen LogP contribution >= 0.6 is 0 Å². The molecule has 1 saturated heterocycles. The van der Waals surface area contributed by atoms with Crippen molar-refractivity contribution < 1.29 is 14.7 Å². The quantitative estimate of drug-likeness (QED) is 0.916. The normalized spacial score (nSPS) is 23.6. The molecule has 24 heavy (non-hydrogen) atoms. The van der Waals surface area contributed by atoms with Gasteiger partial charge in [0.1, 0.15) is 0 Å². The Morgan fingerprint density at radius 1 is 1.04 bits per heavy atom. The predicted octanol–water partition coefficient (Wildman–Crippen LogP) is 3.88. The minimum Gasteiger partial charge on any atom is -0.478 e. The Kier molecular flexibility index (Phi) is 3.74. The van der Waals surface area contributed by atoms with E-state index in [4.69, 9.17) is 5.11 Å². The highest BCUT2D eigenvalue weighted by molar-refractivity contribution is 5.96. The topological polar surface area (TPSA) is 60.9 Å². The summed E-state index contributed by atoms with van der Waals surface area (Å²) in [5, 5.41) is 9.06. The van der Waals surface area contributed by atoms with Crippen molar-refractivity contribution in [2.75, 3.05) is 11.4 Å². The van der Waals surface area contributed by atoms with Crippen molar-refractivity contribution in [1.82, 2.24) is 4.90 Å². The number of carbonyl (C=O) groups excluding carboxylic acids is 1. The second kappa shape index (κ2) is 5.80. The van der Waals surface area contributed by atoms with Crippen LogP contribution in [-0.2, 0) is 0 Å². The number of nitrogens with zero attached hydrogens (tertiary/aromatic N) is 2. The van der Waals surface area contributed by atoms with Crippen molar-refractivity contribution >= 4 is 17.7 Å². The molecule has 1 heterocycles. The minimum atomic E-state index is -0.936. The number of amides is 2. The average molecular weight is 328 g/mol. The van der Waals surface area contributed by atoms with E-state index in [1.807, 2.05) is 4.90 Å². The van der Waals surface area contributed by atoms with Gasteiger partial charge in [0.05, 0.1) is 17.6 Å². The molecule has 0 aromatic heterocycles. The van der Waals surface area contributed by atoms with Crippen molar-refractivity contribution in [3.05, 3.63) is 29.8 Å². The molecule has 2 amide bonds. The molecule has 4 rings (SSSR count). The van der Waals surface area contributed by atoms with Gasteiger partial charge in [0, 0.05) is 11.7 Å². The van der Waals surface area contributed by atoms with Crippen LogP contribution in [0.25, 0.3) is 0 Å². The van der Waals surface area contributed by atoms with Crippen LogP contribution in [-0.4, -0.2) is 40.1 Å². The summed E-state index contributed by atoms with van der Waals surface area (Å²) in [4.78, 5) is 28.2. The van der Waals surface area contributed by atoms with Crippen molar-refractivity contribution in [3.63, 3.8) is 0 Å². The van der Waals surface area contributed by atoms with E-state index in [0.717, 1.165) is 37.9 Å². The fraction of sp³-hybridized carbons (Fsp3) is 0.579. The maximum absolute atomic E-state index is 13.1. The summed E-state index contributed by atoms with van der Waals surface area (Å²) in [5.41, 5.74) is 1.06. The van der Waals surface area contributed by atoms with E-state index in [-0.39, 0.29) is 17.1 Å². The number of rotatable bonds is 3. The Morgan fingerprint density at radius 2 is 1.67 bits per heavy atom. The lowest BCUT2D eigenvalue weighted by Gasteiger charge is -2.36. The van der Waals surface area contributed by atoms with Gasteiger partial charge in [-0.1, -0.05) is 25.7 Å². The first-order chi connectivity index (χ1) is 11.6. The number of anilines is 1. The zero-order chi connectivity index (χ0) is 16.7. The lowest BCUT2D eigenvalue weighted by molar-refractivity contribution is 0.0697. The molecule has 1 aromatic rings. The van der Waals surface area contributed by atoms with Gasteiger partial charge in [-0.2, -0.15) is 0 Å². The zero-order valence-corrected chi connectivity index (χ0v) is 13.9. The van der Waals surface area contributed by atoms with Crippen molar-refractivity contribution in [2.24, 2.45) is 0 Å². The molecular weight excluding hydrogens is 304 g/mol. The van der Waals surface area contributed by atoms with E-state index in [9.17, 15) is 9.59 Å². The van der Waals surface area contributed by atoms with Crippen LogP contribution in [0.4, 0.5) is 10.5 Å². The first-order valence-corrected chi connectivity index (χ1v) is 9.05. The molecule has 0 unspecified atom stereocenters. The summed E-state index contributed by atoms with van der Waals surface area (Å²) in [6.45, 7) is 0.745. The Morgan fingerprint density at radius 3 is 2.21 bits per heavy atom. The Labute approximate surface area is 142 Å². The fourth-order valence-electron chi connectivity index (χ4n) is 4.42. The average Bonchev–Trinajstić information content (AvgIpc) is 3.38. The molecular formula is C19H24N2O3. The highest BCUT2D eigenvalue weighted by Gasteiger charge is 2.54. The molecule has 2 aliphatic carbocycles. The van der Waals surface area contributed by atoms with Crippen LogP contribution < -0.4 is 4.90 Å². The molecule has 0 radical (unpaired) electrons. The molecule has 3 fully saturated rings. The zero-order valence-electron chi connectivity index (χ0n) is 13.9. The highest BCUT2D eigenvalue weighted by Crippen LogP contribution is 2.45. The van der Waals surface area contributed by atoms with Gasteiger partial charge < -0.3 is 10.0 Å². The maximum atomic E-state index is 13.1. The summed E-state index contributed by atoms with van der Waals surface area (Å²) in [5.74, 6) is -0.936. The summed E-state index contributed by atoms with van der Waals surface area (Å²) in [7, 11) is 0. The van der Waals surface area contributed by atoms with E-state index in [2.05, 4.69) is 4.90 Å². The molecule has 1 spiro atoms. The molecule has 1 N–H and O–H groups in total. The number of carboxylic acid groups (broad SMARTS) is 1.